The van der Waals surface area contributed by atoms with E-state index in [9.17, 15) is 10.2 Å². The van der Waals surface area contributed by atoms with Crippen LogP contribution in [0.15, 0.2) is 34.9 Å². The first-order valence-electron chi connectivity index (χ1n) is 11.9. The molecular formula is C27H40O2. The van der Waals surface area contributed by atoms with E-state index >= 15 is 0 Å². The molecule has 2 fully saturated rings. The smallest absolute Gasteiger partial charge is 0.125 e. The minimum atomic E-state index is -0.808. The van der Waals surface area contributed by atoms with Crippen LogP contribution in [-0.2, 0) is 0 Å². The van der Waals surface area contributed by atoms with Crippen LogP contribution >= 0.6 is 0 Å². The zero-order valence-electron chi connectivity index (χ0n) is 18.8. The summed E-state index contributed by atoms with van der Waals surface area (Å²) < 4.78 is 0. The van der Waals surface area contributed by atoms with Crippen molar-refractivity contribution in [1.82, 2.24) is 0 Å². The third-order valence-corrected chi connectivity index (χ3v) is 7.79. The molecule has 0 aromatic rings. The number of rotatable bonds is 5. The average Bonchev–Trinajstić information content (AvgIpc) is 3.06. The van der Waals surface area contributed by atoms with Crippen molar-refractivity contribution < 1.29 is 10.2 Å². The molecule has 3 rings (SSSR count). The van der Waals surface area contributed by atoms with Gasteiger partial charge < -0.3 is 10.2 Å². The molecule has 0 radical (unpaired) electrons. The first kappa shape index (κ1) is 22.4. The maximum absolute atomic E-state index is 10.4. The topological polar surface area (TPSA) is 40.5 Å². The van der Waals surface area contributed by atoms with E-state index in [1.807, 2.05) is 13.8 Å². The van der Waals surface area contributed by atoms with Gasteiger partial charge in [0, 0.05) is 6.42 Å². The van der Waals surface area contributed by atoms with Gasteiger partial charge in [0.05, 0.1) is 6.10 Å². The lowest BCUT2D eigenvalue weighted by Crippen LogP contribution is -2.30. The molecule has 3 aliphatic carbocycles. The molecule has 160 valence electrons. The van der Waals surface area contributed by atoms with Gasteiger partial charge in [0.2, 0.25) is 0 Å². The summed E-state index contributed by atoms with van der Waals surface area (Å²) in [7, 11) is 0. The lowest BCUT2D eigenvalue weighted by Gasteiger charge is -2.41. The normalized spacial score (nSPS) is 32.7. The standard InChI is InChI=1S/C27H40O2/c1-4-27(29,5-2)19-7-6-12-23-16-17-25-22(11-9-18-26(23,25)3)15-14-21-10-8-13-24(28)20-21/h14-16,24-25,28-29H,4-6,8-13,17-18,20H2,1-3H3/b21-14-,22-15+. The van der Waals surface area contributed by atoms with Gasteiger partial charge in [-0.2, -0.15) is 0 Å². The first-order valence-corrected chi connectivity index (χ1v) is 11.9. The lowest BCUT2D eigenvalue weighted by molar-refractivity contribution is 0.0930. The van der Waals surface area contributed by atoms with Gasteiger partial charge in [0.1, 0.15) is 5.60 Å². The van der Waals surface area contributed by atoms with Crippen molar-refractivity contribution in [2.45, 2.75) is 110 Å². The minimum absolute atomic E-state index is 0.135. The quantitative estimate of drug-likeness (QED) is 0.426. The molecule has 0 heterocycles. The fraction of sp³-hybridized carbons (Fsp3) is 0.704. The number of hydrogen-bond acceptors (Lipinski definition) is 2. The van der Waals surface area contributed by atoms with E-state index < -0.39 is 5.60 Å². The predicted molar refractivity (Wildman–Crippen MR) is 121 cm³/mol. The first-order chi connectivity index (χ1) is 13.9. The summed E-state index contributed by atoms with van der Waals surface area (Å²) in [5.74, 6) is 7.01. The molecule has 0 aromatic heterocycles. The molecule has 2 N–H and O–H groups in total. The second kappa shape index (κ2) is 9.67. The SMILES string of the molecule is CCC(O)(C#CCCC1=CCC2/C(=C/C=C3/CCCC(O)C3)CCCC12C)CC. The van der Waals surface area contributed by atoms with Crippen molar-refractivity contribution in [2.75, 3.05) is 0 Å². The Labute approximate surface area is 178 Å². The summed E-state index contributed by atoms with van der Waals surface area (Å²) in [6.45, 7) is 6.47. The third-order valence-electron chi connectivity index (χ3n) is 7.79. The van der Waals surface area contributed by atoms with Gasteiger partial charge in [0.15, 0.2) is 0 Å². The van der Waals surface area contributed by atoms with E-state index in [2.05, 4.69) is 37.0 Å². The van der Waals surface area contributed by atoms with Crippen LogP contribution in [0.1, 0.15) is 97.8 Å². The molecule has 2 saturated carbocycles. The molecule has 3 unspecified atom stereocenters. The number of allylic oxidation sites excluding steroid dienone is 5. The van der Waals surface area contributed by atoms with Gasteiger partial charge in [-0.3, -0.25) is 0 Å². The Morgan fingerprint density at radius 1 is 1.21 bits per heavy atom. The van der Waals surface area contributed by atoms with Crippen molar-refractivity contribution in [3.05, 3.63) is 34.9 Å². The second-order valence-electron chi connectivity index (χ2n) is 9.65. The van der Waals surface area contributed by atoms with Crippen LogP contribution in [0, 0.1) is 23.2 Å². The number of fused-ring (bicyclic) bond motifs is 1. The number of hydrogen-bond donors (Lipinski definition) is 2. The molecule has 2 nitrogen and oxygen atoms in total. The summed E-state index contributed by atoms with van der Waals surface area (Å²) in [6.07, 6.45) is 19.3. The fourth-order valence-corrected chi connectivity index (χ4v) is 5.59. The van der Waals surface area contributed by atoms with E-state index in [-0.39, 0.29) is 11.5 Å². The van der Waals surface area contributed by atoms with Crippen molar-refractivity contribution in [3.63, 3.8) is 0 Å². The molecular weight excluding hydrogens is 356 g/mol. The Morgan fingerprint density at radius 2 is 2.00 bits per heavy atom. The van der Waals surface area contributed by atoms with Crippen molar-refractivity contribution in [1.29, 1.82) is 0 Å². The van der Waals surface area contributed by atoms with Crippen molar-refractivity contribution in [2.24, 2.45) is 11.3 Å². The molecule has 0 spiro atoms. The lowest BCUT2D eigenvalue weighted by atomic mass is 9.63. The Bertz CT molecular complexity index is 725. The van der Waals surface area contributed by atoms with E-state index in [4.69, 9.17) is 0 Å². The van der Waals surface area contributed by atoms with Crippen LogP contribution in [-0.4, -0.2) is 21.9 Å². The maximum Gasteiger partial charge on any atom is 0.125 e. The van der Waals surface area contributed by atoms with E-state index in [1.54, 1.807) is 11.1 Å². The highest BCUT2D eigenvalue weighted by atomic mass is 16.3. The van der Waals surface area contributed by atoms with Gasteiger partial charge in [-0.15, -0.1) is 0 Å². The summed E-state index contributed by atoms with van der Waals surface area (Å²) in [4.78, 5) is 0. The largest absolute Gasteiger partial charge is 0.393 e. The van der Waals surface area contributed by atoms with Crippen LogP contribution in [0.5, 0.6) is 0 Å². The van der Waals surface area contributed by atoms with Gasteiger partial charge in [0.25, 0.3) is 0 Å². The molecule has 0 aliphatic heterocycles. The highest BCUT2D eigenvalue weighted by Crippen LogP contribution is 2.55. The molecule has 0 aromatic carbocycles. The molecule has 2 heteroatoms. The molecule has 0 bridgehead atoms. The van der Waals surface area contributed by atoms with Gasteiger partial charge in [-0.05, 0) is 82.0 Å². The Morgan fingerprint density at radius 3 is 2.72 bits per heavy atom. The molecule has 3 aliphatic rings. The van der Waals surface area contributed by atoms with Crippen molar-refractivity contribution in [3.8, 4) is 11.8 Å². The number of aliphatic hydroxyl groups is 2. The van der Waals surface area contributed by atoms with Gasteiger partial charge >= 0.3 is 0 Å². The third kappa shape index (κ3) is 5.25. The van der Waals surface area contributed by atoms with E-state index in [0.717, 1.165) is 44.9 Å². The fourth-order valence-electron chi connectivity index (χ4n) is 5.59. The van der Waals surface area contributed by atoms with E-state index in [1.165, 1.54) is 24.8 Å². The van der Waals surface area contributed by atoms with Gasteiger partial charge in [-0.25, -0.2) is 0 Å². The summed E-state index contributed by atoms with van der Waals surface area (Å²) in [6, 6.07) is 0. The van der Waals surface area contributed by atoms with Crippen LogP contribution in [0.4, 0.5) is 0 Å². The van der Waals surface area contributed by atoms with Crippen LogP contribution in [0.3, 0.4) is 0 Å². The highest BCUT2D eigenvalue weighted by molar-refractivity contribution is 5.34. The number of aliphatic hydroxyl groups excluding tert-OH is 1. The predicted octanol–water partition coefficient (Wildman–Crippen LogP) is 6.25. The zero-order chi connectivity index (χ0) is 20.9. The molecule has 0 saturated heterocycles. The zero-order valence-corrected chi connectivity index (χ0v) is 18.8. The highest BCUT2D eigenvalue weighted by Gasteiger charge is 2.44. The van der Waals surface area contributed by atoms with Crippen LogP contribution in [0.25, 0.3) is 0 Å². The van der Waals surface area contributed by atoms with Gasteiger partial charge in [-0.1, -0.05) is 67.6 Å². The molecule has 3 atom stereocenters. The summed E-state index contributed by atoms with van der Waals surface area (Å²) >= 11 is 0. The summed E-state index contributed by atoms with van der Waals surface area (Å²) in [5.41, 5.74) is 4.08. The Balaban J connectivity index is 1.64. The van der Waals surface area contributed by atoms with Crippen LogP contribution in [0.2, 0.25) is 0 Å². The maximum atomic E-state index is 10.4. The minimum Gasteiger partial charge on any atom is -0.393 e. The second-order valence-corrected chi connectivity index (χ2v) is 9.65. The Hall–Kier alpha value is -1.30. The van der Waals surface area contributed by atoms with E-state index in [0.29, 0.717) is 18.8 Å². The monoisotopic (exact) mass is 396 g/mol. The molecule has 0 amide bonds. The average molecular weight is 397 g/mol. The Kier molecular flexibility index (Phi) is 7.47. The summed E-state index contributed by atoms with van der Waals surface area (Å²) in [5, 5.41) is 20.3. The van der Waals surface area contributed by atoms with Crippen molar-refractivity contribution >= 4 is 0 Å². The molecule has 29 heavy (non-hydrogen) atoms. The van der Waals surface area contributed by atoms with Crippen LogP contribution < -0.4 is 0 Å².